The number of para-hydroxylation sites is 1. The van der Waals surface area contributed by atoms with Crippen molar-refractivity contribution < 1.29 is 0 Å². The molecule has 1 rings (SSSR count). The molecule has 1 aromatic carbocycles. The van der Waals surface area contributed by atoms with Gasteiger partial charge in [0, 0.05) is 5.69 Å². The van der Waals surface area contributed by atoms with Gasteiger partial charge >= 0.3 is 0 Å². The van der Waals surface area contributed by atoms with Crippen LogP contribution in [0.2, 0.25) is 0 Å². The van der Waals surface area contributed by atoms with E-state index in [9.17, 15) is 0 Å². The minimum Gasteiger partial charge on any atom is -0.398 e. The van der Waals surface area contributed by atoms with Gasteiger partial charge in [-0.05, 0) is 36.3 Å². The maximum Gasteiger partial charge on any atom is 0.0352 e. The summed E-state index contributed by atoms with van der Waals surface area (Å²) in [5, 5.41) is 0. The summed E-state index contributed by atoms with van der Waals surface area (Å²) in [7, 11) is 0. The van der Waals surface area contributed by atoms with Crippen LogP contribution in [0, 0.1) is 0 Å². The van der Waals surface area contributed by atoms with Gasteiger partial charge < -0.3 is 5.73 Å². The van der Waals surface area contributed by atoms with Gasteiger partial charge in [-0.25, -0.2) is 0 Å². The molecule has 0 bridgehead atoms. The predicted octanol–water partition coefficient (Wildman–Crippen LogP) is 11.1. The van der Waals surface area contributed by atoms with Gasteiger partial charge in [-0.3, -0.25) is 0 Å². The summed E-state index contributed by atoms with van der Waals surface area (Å²) < 4.78 is 0. The van der Waals surface area contributed by atoms with Crippen LogP contribution in [0.25, 0.3) is 0 Å². The smallest absolute Gasteiger partial charge is 0.0352 e. The fourth-order valence-corrected chi connectivity index (χ4v) is 5.67. The maximum absolute atomic E-state index is 6.63. The lowest BCUT2D eigenvalue weighted by Gasteiger charge is -2.36. The molecule has 0 heterocycles. The maximum atomic E-state index is 6.63. The second-order valence-corrected chi connectivity index (χ2v) is 10.8. The van der Waals surface area contributed by atoms with Crippen molar-refractivity contribution in [1.29, 1.82) is 0 Å². The van der Waals surface area contributed by atoms with Crippen molar-refractivity contribution in [2.75, 3.05) is 5.73 Å². The largest absolute Gasteiger partial charge is 0.398 e. The lowest BCUT2D eigenvalue weighted by Crippen LogP contribution is -2.28. The molecule has 0 unspecified atom stereocenters. The van der Waals surface area contributed by atoms with E-state index < -0.39 is 0 Å². The summed E-state index contributed by atoms with van der Waals surface area (Å²) >= 11 is 0. The summed E-state index contributed by atoms with van der Waals surface area (Å²) in [5.74, 6) is 0. The van der Waals surface area contributed by atoms with Crippen LogP contribution in [0.4, 0.5) is 5.69 Å². The van der Waals surface area contributed by atoms with Gasteiger partial charge in [-0.2, -0.15) is 0 Å². The van der Waals surface area contributed by atoms with Crippen LogP contribution < -0.4 is 5.73 Å². The average Bonchev–Trinajstić information content (AvgIpc) is 2.82. The molecule has 1 nitrogen and oxygen atoms in total. The zero-order valence-electron chi connectivity index (χ0n) is 22.9. The first kappa shape index (κ1) is 30.1. The zero-order valence-corrected chi connectivity index (χ0v) is 22.9. The minimum atomic E-state index is 0.296. The molecule has 0 saturated carbocycles. The molecule has 2 N–H and O–H groups in total. The predicted molar refractivity (Wildman–Crippen MR) is 151 cm³/mol. The van der Waals surface area contributed by atoms with E-state index in [4.69, 9.17) is 5.73 Å². The zero-order chi connectivity index (χ0) is 24.0. The molecule has 0 aromatic heterocycles. The van der Waals surface area contributed by atoms with Crippen molar-refractivity contribution in [3.8, 4) is 0 Å². The number of rotatable bonds is 23. The molecule has 192 valence electrons. The van der Waals surface area contributed by atoms with Gasteiger partial charge in [0.25, 0.3) is 0 Å². The fraction of sp³-hybridized carbons (Fsp3) is 0.812. The molecule has 0 aliphatic heterocycles. The van der Waals surface area contributed by atoms with E-state index in [1.807, 2.05) is 0 Å². The molecule has 0 radical (unpaired) electrons. The highest BCUT2D eigenvalue weighted by molar-refractivity contribution is 5.50. The molecule has 0 aliphatic rings. The lowest BCUT2D eigenvalue weighted by atomic mass is 9.68. The number of hydrogen-bond acceptors (Lipinski definition) is 1. The van der Waals surface area contributed by atoms with Crippen LogP contribution in [-0.4, -0.2) is 0 Å². The van der Waals surface area contributed by atoms with E-state index >= 15 is 0 Å². The molecule has 0 saturated heterocycles. The Morgan fingerprint density at radius 1 is 0.485 bits per heavy atom. The van der Waals surface area contributed by atoms with Crippen molar-refractivity contribution in [1.82, 2.24) is 0 Å². The van der Waals surface area contributed by atoms with Gasteiger partial charge in [0.05, 0.1) is 0 Å². The van der Waals surface area contributed by atoms with E-state index in [2.05, 4.69) is 45.0 Å². The van der Waals surface area contributed by atoms with Gasteiger partial charge in [-0.1, -0.05) is 161 Å². The summed E-state index contributed by atoms with van der Waals surface area (Å²) in [6.07, 6.45) is 30.4. The molecule has 0 aliphatic carbocycles. The Labute approximate surface area is 208 Å². The first-order valence-corrected chi connectivity index (χ1v) is 15.0. The average molecular weight is 458 g/mol. The highest BCUT2D eigenvalue weighted by atomic mass is 14.6. The Bertz CT molecular complexity index is 533. The summed E-state index contributed by atoms with van der Waals surface area (Å²) in [6.45, 7) is 6.93. The number of unbranched alkanes of at least 4 members (excludes halogenated alkanes) is 16. The van der Waals surface area contributed by atoms with E-state index in [-0.39, 0.29) is 0 Å². The van der Waals surface area contributed by atoms with Crippen LogP contribution in [0.3, 0.4) is 0 Å². The number of benzene rings is 1. The van der Waals surface area contributed by atoms with Crippen molar-refractivity contribution in [3.05, 3.63) is 29.8 Å². The van der Waals surface area contributed by atoms with Crippen LogP contribution in [0.1, 0.15) is 168 Å². The first-order valence-electron chi connectivity index (χ1n) is 15.0. The number of hydrogen-bond donors (Lipinski definition) is 1. The van der Waals surface area contributed by atoms with Crippen molar-refractivity contribution in [2.45, 2.75) is 167 Å². The van der Waals surface area contributed by atoms with Crippen LogP contribution in [0.5, 0.6) is 0 Å². The normalized spacial score (nSPS) is 11.8. The lowest BCUT2D eigenvalue weighted by molar-refractivity contribution is 0.300. The molecular formula is C32H59N. The highest BCUT2D eigenvalue weighted by Crippen LogP contribution is 2.43. The summed E-state index contributed by atoms with van der Waals surface area (Å²) in [6, 6.07) is 8.86. The summed E-state index contributed by atoms with van der Waals surface area (Å²) in [5.41, 5.74) is 9.44. The quantitative estimate of drug-likeness (QED) is 0.128. The second-order valence-electron chi connectivity index (χ2n) is 10.8. The van der Waals surface area contributed by atoms with Crippen molar-refractivity contribution >= 4 is 5.69 Å². The Hall–Kier alpha value is -0.980. The number of nitrogen functional groups attached to an aromatic ring is 1. The van der Waals surface area contributed by atoms with Gasteiger partial charge in [-0.15, -0.1) is 0 Å². The topological polar surface area (TPSA) is 26.0 Å². The fourth-order valence-electron chi connectivity index (χ4n) is 5.67. The Kier molecular flexibility index (Phi) is 18.6. The Morgan fingerprint density at radius 2 is 0.818 bits per heavy atom. The minimum absolute atomic E-state index is 0.296. The molecule has 33 heavy (non-hydrogen) atoms. The third-order valence-electron chi connectivity index (χ3n) is 7.81. The van der Waals surface area contributed by atoms with Crippen molar-refractivity contribution in [2.24, 2.45) is 0 Å². The molecule has 0 spiro atoms. The highest BCUT2D eigenvalue weighted by Gasteiger charge is 2.32. The number of anilines is 1. The van der Waals surface area contributed by atoms with Gasteiger partial charge in [0.15, 0.2) is 0 Å². The molecule has 0 fully saturated rings. The standard InChI is InChI=1S/C32H59N/c1-4-7-10-13-16-19-24-29-32(27-22-17-14-11-8-5-2,28-23-18-15-12-9-6-3)30-25-20-21-26-31(30)33/h20-21,25-26H,4-19,22-24,27-29,33H2,1-3H3. The third-order valence-corrected chi connectivity index (χ3v) is 7.81. The molecule has 1 heteroatoms. The van der Waals surface area contributed by atoms with Gasteiger partial charge in [0.1, 0.15) is 0 Å². The Morgan fingerprint density at radius 3 is 1.18 bits per heavy atom. The van der Waals surface area contributed by atoms with Gasteiger partial charge in [0.2, 0.25) is 0 Å². The molecule has 1 aromatic rings. The Balaban J connectivity index is 2.79. The first-order chi connectivity index (χ1) is 16.2. The van der Waals surface area contributed by atoms with E-state index in [1.54, 1.807) is 0 Å². The summed E-state index contributed by atoms with van der Waals surface area (Å²) in [4.78, 5) is 0. The van der Waals surface area contributed by atoms with E-state index in [0.717, 1.165) is 5.69 Å². The monoisotopic (exact) mass is 457 g/mol. The van der Waals surface area contributed by atoms with E-state index in [1.165, 1.54) is 147 Å². The molecular weight excluding hydrogens is 398 g/mol. The molecule has 0 atom stereocenters. The number of nitrogens with two attached hydrogens (primary N) is 1. The SMILES string of the molecule is CCCCCCCCCC(CCCCCCCC)(CCCCCCCC)c1ccccc1N. The van der Waals surface area contributed by atoms with E-state index in [0.29, 0.717) is 5.41 Å². The molecule has 0 amide bonds. The van der Waals surface area contributed by atoms with Crippen LogP contribution in [-0.2, 0) is 5.41 Å². The van der Waals surface area contributed by atoms with Crippen LogP contribution in [0.15, 0.2) is 24.3 Å². The van der Waals surface area contributed by atoms with Crippen LogP contribution >= 0.6 is 0 Å². The third kappa shape index (κ3) is 13.5. The second kappa shape index (κ2) is 20.4. The van der Waals surface area contributed by atoms with Crippen molar-refractivity contribution in [3.63, 3.8) is 0 Å².